The number of piperazine rings is 1. The Morgan fingerprint density at radius 2 is 0.953 bits per heavy atom. The Hall–Kier alpha value is -5.56. The predicted octanol–water partition coefficient (Wildman–Crippen LogP) is 8.13. The molecule has 0 bridgehead atoms. The van der Waals surface area contributed by atoms with Crippen LogP contribution in [-0.4, -0.2) is 109 Å². The Balaban J connectivity index is 0.000000213. The molecule has 2 aliphatic carbocycles. The number of halogens is 2. The zero-order valence-corrected chi connectivity index (χ0v) is 38.2. The van der Waals surface area contributed by atoms with E-state index in [1.54, 1.807) is 60.7 Å². The summed E-state index contributed by atoms with van der Waals surface area (Å²) in [6.45, 7) is 13.0. The Morgan fingerprint density at radius 3 is 1.36 bits per heavy atom. The third-order valence-electron chi connectivity index (χ3n) is 11.9. The summed E-state index contributed by atoms with van der Waals surface area (Å²) in [7, 11) is 2.14. The van der Waals surface area contributed by atoms with Gasteiger partial charge in [-0.15, -0.1) is 0 Å². The van der Waals surface area contributed by atoms with Crippen LogP contribution < -0.4 is 10.6 Å². The first kappa shape index (κ1) is 47.9. The van der Waals surface area contributed by atoms with Crippen LogP contribution in [0.2, 0.25) is 0 Å². The second kappa shape index (κ2) is 22.9. The summed E-state index contributed by atoms with van der Waals surface area (Å²) in [5.74, 6) is -1.03. The molecule has 0 atom stereocenters. The van der Waals surface area contributed by atoms with Gasteiger partial charge in [-0.1, -0.05) is 134 Å². The summed E-state index contributed by atoms with van der Waals surface area (Å²) in [6, 6.07) is 28.0. The highest BCUT2D eigenvalue weighted by Gasteiger charge is 2.32. The number of carbonyl (C=O) groups excluding carboxylic acids is 6. The minimum atomic E-state index is -0.356. The van der Waals surface area contributed by atoms with Crippen molar-refractivity contribution in [1.82, 2.24) is 25.3 Å². The van der Waals surface area contributed by atoms with Gasteiger partial charge in [0.25, 0.3) is 0 Å². The fourth-order valence-electron chi connectivity index (χ4n) is 7.83. The van der Waals surface area contributed by atoms with Crippen molar-refractivity contribution in [3.05, 3.63) is 163 Å². The molecule has 1 aliphatic heterocycles. The van der Waals surface area contributed by atoms with E-state index in [0.29, 0.717) is 59.3 Å². The van der Waals surface area contributed by atoms with E-state index in [0.717, 1.165) is 76.3 Å². The van der Waals surface area contributed by atoms with Gasteiger partial charge in [0.1, 0.15) is 21.5 Å². The van der Waals surface area contributed by atoms with Crippen molar-refractivity contribution in [2.24, 2.45) is 0 Å². The minimum absolute atomic E-state index is 0.0918. The van der Waals surface area contributed by atoms with Crippen LogP contribution in [0.1, 0.15) is 113 Å². The molecule has 4 aromatic rings. The van der Waals surface area contributed by atoms with Gasteiger partial charge in [0.2, 0.25) is 23.1 Å². The standard InChI is InChI=1S/C26H28ClN3O3.C25H27ClN2O3/c1-29-13-15-30(16-14-29)12-4-7-22(31)19-10-8-18(9-11-19)17-28-24-23(27)25(32)20-5-2-3-6-21(20)26(24)33;1-3-28(4-2)15-7-10-21(29)18-13-11-17(12-14-18)16-27-23-22(26)24(30)19-8-5-6-9-20(19)25(23)31/h2-3,5-6,8-11,28H,4,7,12-17H2,1H3;5-6,8-9,11-14,27H,3-4,7,10,15-16H2,1-2H3. The molecule has 1 saturated heterocycles. The highest BCUT2D eigenvalue weighted by atomic mass is 35.5. The van der Waals surface area contributed by atoms with E-state index in [-0.39, 0.29) is 56.2 Å². The molecule has 0 spiro atoms. The second-order valence-corrected chi connectivity index (χ2v) is 16.9. The third-order valence-corrected chi connectivity index (χ3v) is 12.6. The smallest absolute Gasteiger partial charge is 0.211 e. The average molecular weight is 905 g/mol. The molecule has 4 aromatic carbocycles. The van der Waals surface area contributed by atoms with E-state index >= 15 is 0 Å². The van der Waals surface area contributed by atoms with Crippen LogP contribution in [0.3, 0.4) is 0 Å². The van der Waals surface area contributed by atoms with Crippen molar-refractivity contribution in [3.8, 4) is 0 Å². The van der Waals surface area contributed by atoms with Crippen molar-refractivity contribution in [3.63, 3.8) is 0 Å². The van der Waals surface area contributed by atoms with Crippen LogP contribution >= 0.6 is 23.2 Å². The van der Waals surface area contributed by atoms with Gasteiger partial charge in [-0.2, -0.15) is 0 Å². The van der Waals surface area contributed by atoms with E-state index in [4.69, 9.17) is 23.2 Å². The molecule has 1 fully saturated rings. The molecular formula is C51H55Cl2N5O6. The van der Waals surface area contributed by atoms with Gasteiger partial charge in [-0.05, 0) is 57.2 Å². The van der Waals surface area contributed by atoms with Crippen LogP contribution in [0.15, 0.2) is 119 Å². The lowest BCUT2D eigenvalue weighted by Crippen LogP contribution is -2.44. The molecule has 0 radical (unpaired) electrons. The molecule has 11 nitrogen and oxygen atoms in total. The molecule has 0 unspecified atom stereocenters. The molecular weight excluding hydrogens is 849 g/mol. The number of allylic oxidation sites excluding steroid dienone is 4. The average Bonchev–Trinajstić information content (AvgIpc) is 3.32. The molecule has 2 N–H and O–H groups in total. The quantitative estimate of drug-likeness (QED) is 0.0938. The largest absolute Gasteiger partial charge is 0.376 e. The van der Waals surface area contributed by atoms with Gasteiger partial charge in [-0.3, -0.25) is 28.8 Å². The van der Waals surface area contributed by atoms with Gasteiger partial charge in [-0.25, -0.2) is 0 Å². The maximum Gasteiger partial charge on any atom is 0.211 e. The number of benzene rings is 4. The highest BCUT2D eigenvalue weighted by molar-refractivity contribution is 6.50. The maximum atomic E-state index is 12.8. The van der Waals surface area contributed by atoms with E-state index in [1.807, 2.05) is 36.4 Å². The normalized spacial score (nSPS) is 15.5. The predicted molar refractivity (Wildman–Crippen MR) is 251 cm³/mol. The monoisotopic (exact) mass is 903 g/mol. The van der Waals surface area contributed by atoms with Gasteiger partial charge >= 0.3 is 0 Å². The van der Waals surface area contributed by atoms with Crippen molar-refractivity contribution in [2.45, 2.75) is 52.6 Å². The van der Waals surface area contributed by atoms with Crippen LogP contribution in [0.25, 0.3) is 0 Å². The lowest BCUT2D eigenvalue weighted by molar-refractivity contribution is 0.0962. The Bertz CT molecular complexity index is 2430. The zero-order valence-electron chi connectivity index (χ0n) is 36.7. The summed E-state index contributed by atoms with van der Waals surface area (Å²) in [4.78, 5) is 82.4. The first-order valence-electron chi connectivity index (χ1n) is 21.9. The molecule has 64 heavy (non-hydrogen) atoms. The summed E-state index contributed by atoms with van der Waals surface area (Å²) in [5, 5.41) is 5.83. The molecule has 334 valence electrons. The van der Waals surface area contributed by atoms with Gasteiger partial charge in [0.15, 0.2) is 11.6 Å². The van der Waals surface area contributed by atoms with Crippen LogP contribution in [-0.2, 0) is 13.1 Å². The van der Waals surface area contributed by atoms with Crippen LogP contribution in [0.4, 0.5) is 0 Å². The molecule has 7 rings (SSSR count). The third kappa shape index (κ3) is 12.0. The number of nitrogens with one attached hydrogen (secondary N) is 2. The number of nitrogens with zero attached hydrogens (tertiary/aromatic N) is 3. The molecule has 0 amide bonds. The summed E-state index contributed by atoms with van der Waals surface area (Å²) in [6.07, 6.45) is 2.75. The Kier molecular flexibility index (Phi) is 17.1. The topological polar surface area (TPSA) is 136 Å². The van der Waals surface area contributed by atoms with Crippen LogP contribution in [0.5, 0.6) is 0 Å². The minimum Gasteiger partial charge on any atom is -0.376 e. The fraction of sp³-hybridized carbons (Fsp3) is 0.333. The van der Waals surface area contributed by atoms with E-state index in [1.165, 1.54) is 0 Å². The summed E-state index contributed by atoms with van der Waals surface area (Å²) < 4.78 is 0. The number of likely N-dealkylation sites (N-methyl/N-ethyl adjacent to an activating group) is 1. The number of carbonyl (C=O) groups is 6. The van der Waals surface area contributed by atoms with Gasteiger partial charge in [0.05, 0.1) is 0 Å². The number of Topliss-reactive ketones (excluding diaryl/α,β-unsaturated/α-hetero) is 6. The molecule has 3 aliphatic rings. The first-order valence-corrected chi connectivity index (χ1v) is 22.7. The van der Waals surface area contributed by atoms with Crippen molar-refractivity contribution in [2.75, 3.05) is 59.4 Å². The molecule has 1 heterocycles. The van der Waals surface area contributed by atoms with Crippen molar-refractivity contribution >= 4 is 57.9 Å². The highest BCUT2D eigenvalue weighted by Crippen LogP contribution is 2.29. The molecule has 0 aromatic heterocycles. The number of hydrogen-bond acceptors (Lipinski definition) is 11. The lowest BCUT2D eigenvalue weighted by Gasteiger charge is -2.32. The lowest BCUT2D eigenvalue weighted by atomic mass is 9.92. The van der Waals surface area contributed by atoms with E-state index < -0.39 is 0 Å². The number of ketones is 6. The Labute approximate surface area is 385 Å². The summed E-state index contributed by atoms with van der Waals surface area (Å²) >= 11 is 12.4. The first-order chi connectivity index (χ1) is 30.9. The molecule has 0 saturated carbocycles. The van der Waals surface area contributed by atoms with Crippen molar-refractivity contribution < 1.29 is 28.8 Å². The number of hydrogen-bond donors (Lipinski definition) is 2. The van der Waals surface area contributed by atoms with Crippen LogP contribution in [0, 0.1) is 0 Å². The Morgan fingerprint density at radius 1 is 0.562 bits per heavy atom. The van der Waals surface area contributed by atoms with Gasteiger partial charge in [0, 0.05) is 85.5 Å². The zero-order chi connectivity index (χ0) is 45.8. The maximum absolute atomic E-state index is 12.8. The van der Waals surface area contributed by atoms with Crippen molar-refractivity contribution in [1.29, 1.82) is 0 Å². The van der Waals surface area contributed by atoms with E-state index in [9.17, 15) is 28.8 Å². The second-order valence-electron chi connectivity index (χ2n) is 16.1. The number of rotatable bonds is 18. The number of fused-ring (bicyclic) bond motifs is 2. The van der Waals surface area contributed by atoms with Gasteiger partial charge < -0.3 is 25.3 Å². The fourth-order valence-corrected chi connectivity index (χ4v) is 8.34. The van der Waals surface area contributed by atoms with E-state index in [2.05, 4.69) is 46.2 Å². The SMILES string of the molecule is CCN(CC)CCCC(=O)c1ccc(CNC2=C(Cl)C(=O)c3ccccc3C2=O)cc1.CN1CCN(CCCC(=O)c2ccc(CNC3=C(Cl)C(=O)c4ccccc4C3=O)cc2)CC1. The molecule has 13 heteroatoms. The summed E-state index contributed by atoms with van der Waals surface area (Å²) in [5.41, 5.74) is 4.73.